The molecule has 0 aliphatic carbocycles. The van der Waals surface area contributed by atoms with E-state index >= 15 is 0 Å². The second-order valence-corrected chi connectivity index (χ2v) is 7.56. The van der Waals surface area contributed by atoms with Gasteiger partial charge in [-0.1, -0.05) is 24.3 Å². The molecule has 2 aromatic carbocycles. The van der Waals surface area contributed by atoms with E-state index in [4.69, 9.17) is 0 Å². The highest BCUT2D eigenvalue weighted by atomic mass is 32.1. The summed E-state index contributed by atoms with van der Waals surface area (Å²) in [4.78, 5) is 22.9. The quantitative estimate of drug-likeness (QED) is 0.531. The van der Waals surface area contributed by atoms with E-state index in [0.29, 0.717) is 5.13 Å². The predicted octanol–water partition coefficient (Wildman–Crippen LogP) is 5.02. The van der Waals surface area contributed by atoms with Crippen LogP contribution in [0.4, 0.5) is 9.93 Å². The number of amides is 2. The van der Waals surface area contributed by atoms with Crippen molar-refractivity contribution in [2.24, 2.45) is 0 Å². The zero-order chi connectivity index (χ0) is 19.7. The molecule has 142 valence electrons. The number of para-hydroxylation sites is 2. The number of thiazole rings is 1. The van der Waals surface area contributed by atoms with E-state index in [1.54, 1.807) is 11.9 Å². The van der Waals surface area contributed by atoms with Crippen molar-refractivity contribution in [3.05, 3.63) is 71.5 Å². The molecule has 2 aromatic heterocycles. The normalized spacial score (nSPS) is 12.1. The average Bonchev–Trinajstić information content (AvgIpc) is 3.33. The first kappa shape index (κ1) is 18.2. The summed E-state index contributed by atoms with van der Waals surface area (Å²) in [5.74, 6) is 0. The number of benzene rings is 2. The Labute approximate surface area is 167 Å². The Bertz CT molecular complexity index is 1120. The van der Waals surface area contributed by atoms with Gasteiger partial charge in [0.15, 0.2) is 5.13 Å². The number of carbonyl (C=O) groups is 1. The SMILES string of the molecule is Cc1csc(NC(=O)N(C)C(C)c2ccc(-n3cnc4ccccc43)cc2)n1. The van der Waals surface area contributed by atoms with Crippen molar-refractivity contribution in [2.75, 3.05) is 12.4 Å². The van der Waals surface area contributed by atoms with Gasteiger partial charge in [-0.05, 0) is 43.7 Å². The molecule has 0 aliphatic heterocycles. The maximum absolute atomic E-state index is 12.5. The molecule has 1 unspecified atom stereocenters. The fourth-order valence-electron chi connectivity index (χ4n) is 3.07. The lowest BCUT2D eigenvalue weighted by Gasteiger charge is -2.25. The molecule has 0 fully saturated rings. The largest absolute Gasteiger partial charge is 0.323 e. The number of hydrogen-bond donors (Lipinski definition) is 1. The molecular weight excluding hydrogens is 370 g/mol. The van der Waals surface area contributed by atoms with Crippen LogP contribution in [-0.4, -0.2) is 32.5 Å². The van der Waals surface area contributed by atoms with Gasteiger partial charge in [-0.3, -0.25) is 9.88 Å². The standard InChI is InChI=1S/C21H21N5OS/c1-14-12-28-20(23-14)24-21(27)25(3)15(2)16-8-10-17(11-9-16)26-13-22-18-6-4-5-7-19(18)26/h4-13,15H,1-3H3,(H,23,24,27). The first-order valence-corrected chi connectivity index (χ1v) is 9.89. The molecule has 0 aliphatic rings. The van der Waals surface area contributed by atoms with E-state index in [1.165, 1.54) is 11.3 Å². The summed E-state index contributed by atoms with van der Waals surface area (Å²) in [5, 5.41) is 5.38. The smallest absolute Gasteiger partial charge is 0.321 e. The molecular formula is C21H21N5OS. The predicted molar refractivity (Wildman–Crippen MR) is 113 cm³/mol. The summed E-state index contributed by atoms with van der Waals surface area (Å²) in [6.07, 6.45) is 1.83. The summed E-state index contributed by atoms with van der Waals surface area (Å²) in [5.41, 5.74) is 5.03. The second kappa shape index (κ2) is 7.44. The third-order valence-corrected chi connectivity index (χ3v) is 5.72. The molecule has 7 heteroatoms. The van der Waals surface area contributed by atoms with Crippen LogP contribution in [0.3, 0.4) is 0 Å². The van der Waals surface area contributed by atoms with E-state index in [1.807, 2.05) is 55.9 Å². The van der Waals surface area contributed by atoms with Crippen molar-refractivity contribution in [2.45, 2.75) is 19.9 Å². The molecule has 6 nitrogen and oxygen atoms in total. The minimum Gasteiger partial charge on any atom is -0.321 e. The first-order chi connectivity index (χ1) is 13.5. The van der Waals surface area contributed by atoms with Gasteiger partial charge in [0.25, 0.3) is 0 Å². The van der Waals surface area contributed by atoms with Gasteiger partial charge >= 0.3 is 6.03 Å². The van der Waals surface area contributed by atoms with Crippen LogP contribution in [0, 0.1) is 6.92 Å². The van der Waals surface area contributed by atoms with Gasteiger partial charge in [0.1, 0.15) is 6.33 Å². The maximum atomic E-state index is 12.5. The van der Waals surface area contributed by atoms with Crippen LogP contribution in [0.1, 0.15) is 24.2 Å². The Kier molecular flexibility index (Phi) is 4.83. The van der Waals surface area contributed by atoms with Gasteiger partial charge in [0, 0.05) is 18.1 Å². The van der Waals surface area contributed by atoms with Crippen molar-refractivity contribution >= 4 is 33.5 Å². The Morgan fingerprint density at radius 1 is 1.18 bits per heavy atom. The molecule has 2 amide bonds. The number of nitrogens with zero attached hydrogens (tertiary/aromatic N) is 4. The van der Waals surface area contributed by atoms with Gasteiger partial charge in [-0.25, -0.2) is 14.8 Å². The van der Waals surface area contributed by atoms with Gasteiger partial charge in [0.2, 0.25) is 0 Å². The van der Waals surface area contributed by atoms with Crippen LogP contribution in [0.5, 0.6) is 0 Å². The van der Waals surface area contributed by atoms with Crippen LogP contribution in [0.25, 0.3) is 16.7 Å². The summed E-state index contributed by atoms with van der Waals surface area (Å²) < 4.78 is 2.06. The van der Waals surface area contributed by atoms with Gasteiger partial charge < -0.3 is 4.90 Å². The highest BCUT2D eigenvalue weighted by Gasteiger charge is 2.18. The minimum atomic E-state index is -0.175. The topological polar surface area (TPSA) is 63.1 Å². The Morgan fingerprint density at radius 2 is 1.93 bits per heavy atom. The van der Waals surface area contributed by atoms with E-state index in [0.717, 1.165) is 28.0 Å². The van der Waals surface area contributed by atoms with Crippen molar-refractivity contribution in [3.63, 3.8) is 0 Å². The number of nitrogens with one attached hydrogen (secondary N) is 1. The first-order valence-electron chi connectivity index (χ1n) is 9.01. The van der Waals surface area contributed by atoms with Crippen molar-refractivity contribution in [1.82, 2.24) is 19.4 Å². The Hall–Kier alpha value is -3.19. The zero-order valence-corrected chi connectivity index (χ0v) is 16.8. The van der Waals surface area contributed by atoms with Gasteiger partial charge in [0.05, 0.1) is 22.8 Å². The monoisotopic (exact) mass is 391 g/mol. The number of rotatable bonds is 4. The molecule has 4 rings (SSSR count). The van der Waals surface area contributed by atoms with E-state index in [-0.39, 0.29) is 12.1 Å². The van der Waals surface area contributed by atoms with E-state index in [9.17, 15) is 4.79 Å². The summed E-state index contributed by atoms with van der Waals surface area (Å²) >= 11 is 1.43. The number of carbonyl (C=O) groups excluding carboxylic acids is 1. The molecule has 0 bridgehead atoms. The molecule has 0 radical (unpaired) electrons. The van der Waals surface area contributed by atoms with Crippen LogP contribution in [-0.2, 0) is 0 Å². The molecule has 0 saturated carbocycles. The number of aryl methyl sites for hydroxylation is 1. The summed E-state index contributed by atoms with van der Waals surface area (Å²) in [6.45, 7) is 3.91. The lowest BCUT2D eigenvalue weighted by molar-refractivity contribution is 0.208. The maximum Gasteiger partial charge on any atom is 0.323 e. The number of aromatic nitrogens is 3. The zero-order valence-electron chi connectivity index (χ0n) is 16.0. The average molecular weight is 392 g/mol. The Morgan fingerprint density at radius 3 is 2.64 bits per heavy atom. The van der Waals surface area contributed by atoms with Crippen molar-refractivity contribution < 1.29 is 4.79 Å². The third kappa shape index (κ3) is 3.48. The third-order valence-electron chi connectivity index (χ3n) is 4.84. The second-order valence-electron chi connectivity index (χ2n) is 6.71. The van der Waals surface area contributed by atoms with Gasteiger partial charge in [-0.2, -0.15) is 0 Å². The molecule has 1 atom stereocenters. The number of hydrogen-bond acceptors (Lipinski definition) is 4. The van der Waals surface area contributed by atoms with Gasteiger partial charge in [-0.15, -0.1) is 11.3 Å². The van der Waals surface area contributed by atoms with Crippen LogP contribution in [0.15, 0.2) is 60.2 Å². The molecule has 2 heterocycles. The lowest BCUT2D eigenvalue weighted by atomic mass is 10.1. The highest BCUT2D eigenvalue weighted by Crippen LogP contribution is 2.24. The van der Waals surface area contributed by atoms with E-state index < -0.39 is 0 Å². The number of imidazole rings is 1. The van der Waals surface area contributed by atoms with E-state index in [2.05, 4.69) is 38.1 Å². The summed E-state index contributed by atoms with van der Waals surface area (Å²) in [7, 11) is 1.79. The minimum absolute atomic E-state index is 0.0744. The number of urea groups is 1. The molecule has 0 saturated heterocycles. The van der Waals surface area contributed by atoms with Crippen molar-refractivity contribution in [3.8, 4) is 5.69 Å². The Balaban J connectivity index is 1.50. The summed E-state index contributed by atoms with van der Waals surface area (Å²) in [6, 6.07) is 16.0. The van der Waals surface area contributed by atoms with Crippen LogP contribution in [0.2, 0.25) is 0 Å². The highest BCUT2D eigenvalue weighted by molar-refractivity contribution is 7.13. The lowest BCUT2D eigenvalue weighted by Crippen LogP contribution is -2.33. The molecule has 4 aromatic rings. The van der Waals surface area contributed by atoms with Crippen molar-refractivity contribution in [1.29, 1.82) is 0 Å². The fourth-order valence-corrected chi connectivity index (χ4v) is 3.75. The molecule has 1 N–H and O–H groups in total. The number of anilines is 1. The number of fused-ring (bicyclic) bond motifs is 1. The van der Waals surface area contributed by atoms with Crippen LogP contribution >= 0.6 is 11.3 Å². The fraction of sp³-hybridized carbons (Fsp3) is 0.190. The molecule has 28 heavy (non-hydrogen) atoms. The molecule has 0 spiro atoms. The van der Waals surface area contributed by atoms with Crippen LogP contribution < -0.4 is 5.32 Å².